The van der Waals surface area contributed by atoms with E-state index in [1.807, 2.05) is 0 Å². The molecule has 1 aromatic rings. The number of hydrogen-bond donors (Lipinski definition) is 0. The molecule has 0 atom stereocenters. The molecule has 0 saturated heterocycles. The van der Waals surface area contributed by atoms with Gasteiger partial charge in [-0.1, -0.05) is 25.1 Å². The van der Waals surface area contributed by atoms with Gasteiger partial charge in [0.25, 0.3) is 0 Å². The summed E-state index contributed by atoms with van der Waals surface area (Å²) in [7, 11) is -3.12. The van der Waals surface area contributed by atoms with Gasteiger partial charge in [0, 0.05) is 18.6 Å². The van der Waals surface area contributed by atoms with Crippen molar-refractivity contribution >= 4 is 15.6 Å². The van der Waals surface area contributed by atoms with Crippen molar-refractivity contribution in [3.05, 3.63) is 35.4 Å². The molecule has 0 unspecified atom stereocenters. The van der Waals surface area contributed by atoms with Crippen LogP contribution in [0.4, 0.5) is 13.2 Å². The summed E-state index contributed by atoms with van der Waals surface area (Å²) >= 11 is 0. The molecule has 118 valence electrons. The van der Waals surface area contributed by atoms with Gasteiger partial charge in [0.2, 0.25) is 0 Å². The molecule has 0 aliphatic rings. The van der Waals surface area contributed by atoms with Gasteiger partial charge >= 0.3 is 6.18 Å². The summed E-state index contributed by atoms with van der Waals surface area (Å²) in [4.78, 5) is 11.7. The first-order valence-electron chi connectivity index (χ1n) is 6.52. The van der Waals surface area contributed by atoms with Crippen LogP contribution < -0.4 is 0 Å². The fourth-order valence-corrected chi connectivity index (χ4v) is 2.68. The van der Waals surface area contributed by atoms with Crippen LogP contribution in [0.25, 0.3) is 0 Å². The summed E-state index contributed by atoms with van der Waals surface area (Å²) < 4.78 is 60.1. The van der Waals surface area contributed by atoms with Gasteiger partial charge in [-0.3, -0.25) is 4.79 Å². The van der Waals surface area contributed by atoms with E-state index in [2.05, 4.69) is 0 Å². The zero-order chi connectivity index (χ0) is 16.1. The lowest BCUT2D eigenvalue weighted by atomic mass is 10.0. The van der Waals surface area contributed by atoms with Crippen LogP contribution in [0.15, 0.2) is 24.3 Å². The van der Waals surface area contributed by atoms with Crippen LogP contribution in [0.3, 0.4) is 0 Å². The molecule has 0 aromatic heterocycles. The van der Waals surface area contributed by atoms with E-state index in [9.17, 15) is 26.4 Å². The number of sulfone groups is 1. The van der Waals surface area contributed by atoms with Gasteiger partial charge in [-0.15, -0.1) is 0 Å². The molecule has 0 aliphatic carbocycles. The molecule has 21 heavy (non-hydrogen) atoms. The number of rotatable bonds is 7. The predicted octanol–water partition coefficient (Wildman–Crippen LogP) is 3.03. The second kappa shape index (κ2) is 7.06. The molecule has 0 bridgehead atoms. The van der Waals surface area contributed by atoms with Gasteiger partial charge in [-0.2, -0.15) is 13.2 Å². The van der Waals surface area contributed by atoms with Gasteiger partial charge in [0.05, 0.1) is 11.3 Å². The van der Waals surface area contributed by atoms with Crippen LogP contribution in [-0.4, -0.2) is 25.7 Å². The molecule has 0 N–H and O–H groups in total. The fraction of sp³-hybridized carbons (Fsp3) is 0.500. The predicted molar refractivity (Wildman–Crippen MR) is 73.7 cm³/mol. The minimum absolute atomic E-state index is 0.0226. The largest absolute Gasteiger partial charge is 0.416 e. The molecule has 0 fully saturated rings. The van der Waals surface area contributed by atoms with Gasteiger partial charge in [-0.25, -0.2) is 8.42 Å². The molecule has 0 amide bonds. The third kappa shape index (κ3) is 6.29. The number of carbonyl (C=O) groups excluding carboxylic acids is 1. The lowest BCUT2D eigenvalue weighted by Crippen LogP contribution is -2.12. The van der Waals surface area contributed by atoms with Crippen LogP contribution in [0.2, 0.25) is 0 Å². The van der Waals surface area contributed by atoms with E-state index in [0.29, 0.717) is 0 Å². The summed E-state index contributed by atoms with van der Waals surface area (Å²) in [6, 6.07) is 4.60. The normalized spacial score (nSPS) is 12.4. The molecule has 0 saturated carbocycles. The van der Waals surface area contributed by atoms with Crippen molar-refractivity contribution in [2.24, 2.45) is 0 Å². The highest BCUT2D eigenvalue weighted by atomic mass is 32.2. The lowest BCUT2D eigenvalue weighted by Gasteiger charge is -2.08. The maximum absolute atomic E-state index is 12.5. The maximum atomic E-state index is 12.5. The molecule has 7 heteroatoms. The van der Waals surface area contributed by atoms with Crippen LogP contribution >= 0.6 is 0 Å². The summed E-state index contributed by atoms with van der Waals surface area (Å²) in [5.41, 5.74) is -0.505. The lowest BCUT2D eigenvalue weighted by molar-refractivity contribution is -0.137. The van der Waals surface area contributed by atoms with Crippen molar-refractivity contribution in [3.63, 3.8) is 0 Å². The highest BCUT2D eigenvalue weighted by Crippen LogP contribution is 2.29. The molecular weight excluding hydrogens is 305 g/mol. The Morgan fingerprint density at radius 3 is 2.48 bits per heavy atom. The summed E-state index contributed by atoms with van der Waals surface area (Å²) in [5, 5.41) is 0. The van der Waals surface area contributed by atoms with E-state index in [-0.39, 0.29) is 42.1 Å². The van der Waals surface area contributed by atoms with E-state index in [4.69, 9.17) is 0 Å². The number of Topliss-reactive ketones (excluding diaryl/α,β-unsaturated/α-hetero) is 1. The first kappa shape index (κ1) is 17.7. The average Bonchev–Trinajstić information content (AvgIpc) is 2.38. The Bertz CT molecular complexity index is 592. The highest BCUT2D eigenvalue weighted by Gasteiger charge is 2.30. The maximum Gasteiger partial charge on any atom is 0.416 e. The topological polar surface area (TPSA) is 51.2 Å². The average molecular weight is 322 g/mol. The number of ketones is 1. The number of halogens is 3. The van der Waals surface area contributed by atoms with E-state index >= 15 is 0 Å². The summed E-state index contributed by atoms with van der Waals surface area (Å²) in [5.74, 6) is -0.312. The Kier molecular flexibility index (Phi) is 5.95. The molecule has 0 heterocycles. The fourth-order valence-electron chi connectivity index (χ4n) is 1.81. The van der Waals surface area contributed by atoms with Crippen LogP contribution in [0, 0.1) is 0 Å². The van der Waals surface area contributed by atoms with Crippen LogP contribution in [-0.2, 0) is 27.2 Å². The minimum atomic E-state index is -4.44. The van der Waals surface area contributed by atoms with E-state index < -0.39 is 21.6 Å². The van der Waals surface area contributed by atoms with Crippen molar-refractivity contribution in [2.75, 3.05) is 11.5 Å². The third-order valence-electron chi connectivity index (χ3n) is 3.01. The third-order valence-corrected chi connectivity index (χ3v) is 4.80. The standard InChI is InChI=1S/C14H17F3O3S/c1-2-21(19,20)8-4-7-13(18)10-11-5-3-6-12(9-11)14(15,16)17/h3,5-6,9H,2,4,7-8,10H2,1H3. The summed E-state index contributed by atoms with van der Waals surface area (Å²) in [6.07, 6.45) is -4.30. The first-order valence-corrected chi connectivity index (χ1v) is 8.34. The van der Waals surface area contributed by atoms with Gasteiger partial charge in [-0.05, 0) is 18.1 Å². The van der Waals surface area contributed by atoms with E-state index in [1.165, 1.54) is 19.1 Å². The zero-order valence-corrected chi connectivity index (χ0v) is 12.4. The van der Waals surface area contributed by atoms with Crippen molar-refractivity contribution in [2.45, 2.75) is 32.4 Å². The summed E-state index contributed by atoms with van der Waals surface area (Å²) in [6.45, 7) is 1.53. The number of hydrogen-bond acceptors (Lipinski definition) is 3. The molecule has 3 nitrogen and oxygen atoms in total. The molecule has 1 rings (SSSR count). The molecule has 0 radical (unpaired) electrons. The minimum Gasteiger partial charge on any atom is -0.299 e. The number of benzene rings is 1. The van der Waals surface area contributed by atoms with E-state index in [1.54, 1.807) is 0 Å². The van der Waals surface area contributed by atoms with Gasteiger partial charge in [0.1, 0.15) is 15.6 Å². The zero-order valence-electron chi connectivity index (χ0n) is 11.6. The van der Waals surface area contributed by atoms with Crippen LogP contribution in [0.1, 0.15) is 30.9 Å². The highest BCUT2D eigenvalue weighted by molar-refractivity contribution is 7.91. The van der Waals surface area contributed by atoms with Crippen molar-refractivity contribution in [1.82, 2.24) is 0 Å². The Morgan fingerprint density at radius 1 is 1.24 bits per heavy atom. The SMILES string of the molecule is CCS(=O)(=O)CCCC(=O)Cc1cccc(C(F)(F)F)c1. The quantitative estimate of drug-likeness (QED) is 0.775. The second-order valence-corrected chi connectivity index (χ2v) is 7.23. The second-order valence-electron chi connectivity index (χ2n) is 4.75. The van der Waals surface area contributed by atoms with Crippen LogP contribution in [0.5, 0.6) is 0 Å². The monoisotopic (exact) mass is 322 g/mol. The molecule has 0 aliphatic heterocycles. The Labute approximate surface area is 122 Å². The molecule has 0 spiro atoms. The Morgan fingerprint density at radius 2 is 1.90 bits per heavy atom. The Hall–Kier alpha value is -1.37. The molecule has 1 aromatic carbocycles. The van der Waals surface area contributed by atoms with Gasteiger partial charge in [0.15, 0.2) is 0 Å². The van der Waals surface area contributed by atoms with Gasteiger partial charge < -0.3 is 0 Å². The van der Waals surface area contributed by atoms with Crippen molar-refractivity contribution < 1.29 is 26.4 Å². The van der Waals surface area contributed by atoms with Crippen molar-refractivity contribution in [1.29, 1.82) is 0 Å². The van der Waals surface area contributed by atoms with Crippen molar-refractivity contribution in [3.8, 4) is 0 Å². The number of alkyl halides is 3. The smallest absolute Gasteiger partial charge is 0.299 e. The van der Waals surface area contributed by atoms with E-state index in [0.717, 1.165) is 12.1 Å². The first-order chi connectivity index (χ1) is 9.64. The number of carbonyl (C=O) groups is 1. The molecular formula is C14H17F3O3S. The Balaban J connectivity index is 2.56.